The first-order chi connectivity index (χ1) is 9.69. The quantitative estimate of drug-likeness (QED) is 0.925. The molecule has 0 radical (unpaired) electrons. The summed E-state index contributed by atoms with van der Waals surface area (Å²) < 4.78 is 18.2. The summed E-state index contributed by atoms with van der Waals surface area (Å²) in [5, 5.41) is 4.72. The summed E-state index contributed by atoms with van der Waals surface area (Å²) in [7, 11) is -0.773. The fraction of sp³-hybridized carbons (Fsp3) is 0.500. The fourth-order valence-corrected chi connectivity index (χ4v) is 4.49. The molecule has 1 fully saturated rings. The standard InChI is InChI=1S/C16H21NO2S/c1-3-12-13-6-4-5-7-15(13)19-16(12)14-10-20(18)9-11(2)8-17-14/h4-7,11,14,17H,3,8-10H2,1-2H3. The lowest BCUT2D eigenvalue weighted by molar-refractivity contribution is 0.435. The van der Waals surface area contributed by atoms with E-state index >= 15 is 0 Å². The number of benzene rings is 1. The van der Waals surface area contributed by atoms with E-state index in [1.54, 1.807) is 0 Å². The lowest BCUT2D eigenvalue weighted by atomic mass is 10.0. The second-order valence-corrected chi connectivity index (χ2v) is 7.18. The molecule has 0 bridgehead atoms. The topological polar surface area (TPSA) is 42.2 Å². The highest BCUT2D eigenvalue weighted by Gasteiger charge is 2.26. The molecule has 2 aromatic rings. The molecular formula is C16H21NO2S. The van der Waals surface area contributed by atoms with Gasteiger partial charge in [-0.2, -0.15) is 0 Å². The first kappa shape index (κ1) is 13.8. The molecule has 1 aliphatic heterocycles. The smallest absolute Gasteiger partial charge is 0.134 e. The largest absolute Gasteiger partial charge is 0.459 e. The van der Waals surface area contributed by atoms with Crippen LogP contribution in [0.2, 0.25) is 0 Å². The Morgan fingerprint density at radius 2 is 2.15 bits per heavy atom. The van der Waals surface area contributed by atoms with Crippen LogP contribution in [-0.4, -0.2) is 22.3 Å². The Morgan fingerprint density at radius 3 is 2.95 bits per heavy atom. The number of aryl methyl sites for hydroxylation is 1. The van der Waals surface area contributed by atoms with E-state index in [4.69, 9.17) is 4.42 Å². The summed E-state index contributed by atoms with van der Waals surface area (Å²) in [4.78, 5) is 0. The number of furan rings is 1. The van der Waals surface area contributed by atoms with Crippen molar-refractivity contribution in [3.63, 3.8) is 0 Å². The van der Waals surface area contributed by atoms with Crippen LogP contribution >= 0.6 is 0 Å². The van der Waals surface area contributed by atoms with Gasteiger partial charge < -0.3 is 9.73 Å². The van der Waals surface area contributed by atoms with E-state index in [-0.39, 0.29) is 6.04 Å². The zero-order valence-electron chi connectivity index (χ0n) is 12.0. The van der Waals surface area contributed by atoms with E-state index in [2.05, 4.69) is 25.2 Å². The average Bonchev–Trinajstić information content (AvgIpc) is 2.72. The molecule has 20 heavy (non-hydrogen) atoms. The Kier molecular flexibility index (Phi) is 3.94. The predicted octanol–water partition coefficient (Wildman–Crippen LogP) is 3.02. The predicted molar refractivity (Wildman–Crippen MR) is 83.4 cm³/mol. The summed E-state index contributed by atoms with van der Waals surface area (Å²) in [6, 6.07) is 8.23. The average molecular weight is 291 g/mol. The number of para-hydroxylation sites is 1. The summed E-state index contributed by atoms with van der Waals surface area (Å²) in [6.07, 6.45) is 0.937. The molecule has 0 aliphatic carbocycles. The molecule has 1 aromatic carbocycles. The maximum Gasteiger partial charge on any atom is 0.134 e. The molecule has 0 spiro atoms. The van der Waals surface area contributed by atoms with E-state index < -0.39 is 10.8 Å². The van der Waals surface area contributed by atoms with Crippen LogP contribution in [0.15, 0.2) is 28.7 Å². The summed E-state index contributed by atoms with van der Waals surface area (Å²) >= 11 is 0. The van der Waals surface area contributed by atoms with Crippen molar-refractivity contribution in [1.29, 1.82) is 0 Å². The molecule has 1 aliphatic rings. The molecular weight excluding hydrogens is 270 g/mol. The SMILES string of the molecule is CCc1c(C2CS(=O)CC(C)CN2)oc2ccccc12. The van der Waals surface area contributed by atoms with Gasteiger partial charge in [-0.05, 0) is 24.9 Å². The summed E-state index contributed by atoms with van der Waals surface area (Å²) in [5.41, 5.74) is 2.19. The van der Waals surface area contributed by atoms with E-state index in [0.717, 1.165) is 30.1 Å². The second-order valence-electron chi connectivity index (χ2n) is 5.63. The summed E-state index contributed by atoms with van der Waals surface area (Å²) in [6.45, 7) is 5.19. The molecule has 1 N–H and O–H groups in total. The van der Waals surface area contributed by atoms with Crippen molar-refractivity contribution >= 4 is 21.8 Å². The van der Waals surface area contributed by atoms with Crippen LogP contribution in [0.1, 0.15) is 31.2 Å². The van der Waals surface area contributed by atoms with Crippen LogP contribution in [0.5, 0.6) is 0 Å². The Hall–Kier alpha value is -1.13. The van der Waals surface area contributed by atoms with Gasteiger partial charge in [0.05, 0.1) is 6.04 Å². The number of hydrogen-bond acceptors (Lipinski definition) is 3. The van der Waals surface area contributed by atoms with Crippen molar-refractivity contribution < 1.29 is 8.63 Å². The molecule has 2 heterocycles. The van der Waals surface area contributed by atoms with Gasteiger partial charge in [-0.3, -0.25) is 4.21 Å². The highest BCUT2D eigenvalue weighted by atomic mass is 32.2. The van der Waals surface area contributed by atoms with E-state index in [1.807, 2.05) is 18.2 Å². The fourth-order valence-electron chi connectivity index (χ4n) is 2.96. The molecule has 1 aromatic heterocycles. The zero-order chi connectivity index (χ0) is 14.1. The lowest BCUT2D eigenvalue weighted by Gasteiger charge is -2.14. The molecule has 0 saturated carbocycles. The molecule has 108 valence electrons. The maximum absolute atomic E-state index is 12.1. The van der Waals surface area contributed by atoms with Gasteiger partial charge in [0.25, 0.3) is 0 Å². The van der Waals surface area contributed by atoms with E-state index in [1.165, 1.54) is 10.9 Å². The second kappa shape index (κ2) is 5.70. The van der Waals surface area contributed by atoms with Gasteiger partial charge in [0.1, 0.15) is 11.3 Å². The molecule has 3 unspecified atom stereocenters. The van der Waals surface area contributed by atoms with Gasteiger partial charge in [0, 0.05) is 33.3 Å². The van der Waals surface area contributed by atoms with Gasteiger partial charge in [0.15, 0.2) is 0 Å². The minimum absolute atomic E-state index is 0.0723. The number of nitrogens with one attached hydrogen (secondary N) is 1. The third-order valence-electron chi connectivity index (χ3n) is 3.94. The van der Waals surface area contributed by atoms with Crippen molar-refractivity contribution in [3.05, 3.63) is 35.6 Å². The highest BCUT2D eigenvalue weighted by Crippen LogP contribution is 2.31. The number of hydrogen-bond donors (Lipinski definition) is 1. The Bertz CT molecular complexity index is 634. The van der Waals surface area contributed by atoms with Crippen LogP contribution in [0.4, 0.5) is 0 Å². The zero-order valence-corrected chi connectivity index (χ0v) is 12.8. The monoisotopic (exact) mass is 291 g/mol. The molecule has 3 atom stereocenters. The molecule has 3 rings (SSSR count). The van der Waals surface area contributed by atoms with Gasteiger partial charge in [-0.1, -0.05) is 32.0 Å². The minimum Gasteiger partial charge on any atom is -0.459 e. The number of rotatable bonds is 2. The van der Waals surface area contributed by atoms with E-state index in [9.17, 15) is 4.21 Å². The van der Waals surface area contributed by atoms with Crippen LogP contribution < -0.4 is 5.32 Å². The van der Waals surface area contributed by atoms with Crippen molar-refractivity contribution in [2.75, 3.05) is 18.1 Å². The third-order valence-corrected chi connectivity index (χ3v) is 5.58. The highest BCUT2D eigenvalue weighted by molar-refractivity contribution is 7.85. The van der Waals surface area contributed by atoms with Gasteiger partial charge in [0.2, 0.25) is 0 Å². The normalized spacial score (nSPS) is 27.6. The maximum atomic E-state index is 12.1. The first-order valence-electron chi connectivity index (χ1n) is 7.27. The Labute approximate surface area is 122 Å². The van der Waals surface area contributed by atoms with Crippen LogP contribution in [0.25, 0.3) is 11.0 Å². The summed E-state index contributed by atoms with van der Waals surface area (Å²) in [5.74, 6) is 2.87. The molecule has 3 nitrogen and oxygen atoms in total. The lowest BCUT2D eigenvalue weighted by Crippen LogP contribution is -2.26. The first-order valence-corrected chi connectivity index (χ1v) is 8.76. The molecule has 0 amide bonds. The Morgan fingerprint density at radius 1 is 1.35 bits per heavy atom. The van der Waals surface area contributed by atoms with Crippen LogP contribution in [0.3, 0.4) is 0 Å². The number of fused-ring (bicyclic) bond motifs is 1. The van der Waals surface area contributed by atoms with Gasteiger partial charge in [-0.25, -0.2) is 0 Å². The van der Waals surface area contributed by atoms with Gasteiger partial charge >= 0.3 is 0 Å². The molecule has 1 saturated heterocycles. The van der Waals surface area contributed by atoms with E-state index in [0.29, 0.717) is 11.7 Å². The molecule has 4 heteroatoms. The van der Waals surface area contributed by atoms with Crippen molar-refractivity contribution in [3.8, 4) is 0 Å². The van der Waals surface area contributed by atoms with Crippen LogP contribution in [0, 0.1) is 5.92 Å². The van der Waals surface area contributed by atoms with Crippen molar-refractivity contribution in [2.24, 2.45) is 5.92 Å². The minimum atomic E-state index is -0.773. The van der Waals surface area contributed by atoms with Crippen molar-refractivity contribution in [2.45, 2.75) is 26.3 Å². The Balaban J connectivity index is 2.02. The third kappa shape index (κ3) is 2.54. The van der Waals surface area contributed by atoms with Crippen LogP contribution in [-0.2, 0) is 17.2 Å². The van der Waals surface area contributed by atoms with Crippen molar-refractivity contribution in [1.82, 2.24) is 5.32 Å². The van der Waals surface area contributed by atoms with Gasteiger partial charge in [-0.15, -0.1) is 0 Å².